The topological polar surface area (TPSA) is 52.3 Å². The molecule has 5 heteroatoms. The van der Waals surface area contributed by atoms with Crippen molar-refractivity contribution in [3.05, 3.63) is 56.5 Å². The van der Waals surface area contributed by atoms with Gasteiger partial charge in [-0.25, -0.2) is 0 Å². The molecule has 0 aliphatic rings. The number of nitrogens with two attached hydrogens (primary N) is 1. The molecule has 104 valence electrons. The lowest BCUT2D eigenvalue weighted by molar-refractivity contribution is 0.0992. The van der Waals surface area contributed by atoms with Gasteiger partial charge in [0.1, 0.15) is 5.75 Å². The molecular weight excluding hydrogens is 386 g/mol. The highest BCUT2D eigenvalue weighted by Gasteiger charge is 2.11. The van der Waals surface area contributed by atoms with Crippen LogP contribution >= 0.6 is 31.9 Å². The molecule has 2 aromatic rings. The van der Waals surface area contributed by atoms with E-state index in [9.17, 15) is 4.79 Å². The number of hydrogen-bond donors (Lipinski definition) is 1. The minimum absolute atomic E-state index is 0.0275. The van der Waals surface area contributed by atoms with Gasteiger partial charge in [-0.1, -0.05) is 15.9 Å². The first kappa shape index (κ1) is 15.1. The molecular formula is C15H13Br2NO2. The quantitative estimate of drug-likeness (QED) is 0.619. The lowest BCUT2D eigenvalue weighted by Crippen LogP contribution is -2.05. The molecule has 20 heavy (non-hydrogen) atoms. The van der Waals surface area contributed by atoms with Gasteiger partial charge >= 0.3 is 0 Å². The minimum Gasteiger partial charge on any atom is -0.497 e. The molecule has 0 saturated carbocycles. The van der Waals surface area contributed by atoms with Gasteiger partial charge in [0.15, 0.2) is 5.78 Å². The molecule has 0 radical (unpaired) electrons. The molecule has 0 fully saturated rings. The summed E-state index contributed by atoms with van der Waals surface area (Å²) in [5, 5.41) is 0. The fraction of sp³-hybridized carbons (Fsp3) is 0.133. The Morgan fingerprint density at radius 1 is 1.15 bits per heavy atom. The van der Waals surface area contributed by atoms with Crippen molar-refractivity contribution in [1.29, 1.82) is 0 Å². The zero-order valence-corrected chi connectivity index (χ0v) is 14.0. The predicted octanol–water partition coefficient (Wildman–Crippen LogP) is 4.23. The van der Waals surface area contributed by atoms with Crippen LogP contribution in [0.25, 0.3) is 0 Å². The van der Waals surface area contributed by atoms with E-state index >= 15 is 0 Å². The summed E-state index contributed by atoms with van der Waals surface area (Å²) in [6, 6.07) is 10.8. The van der Waals surface area contributed by atoms with E-state index in [2.05, 4.69) is 31.9 Å². The molecule has 0 amide bonds. The van der Waals surface area contributed by atoms with Crippen LogP contribution in [0.1, 0.15) is 15.9 Å². The summed E-state index contributed by atoms with van der Waals surface area (Å²) in [4.78, 5) is 12.3. The number of nitrogen functional groups attached to an aromatic ring is 1. The average Bonchev–Trinajstić information content (AvgIpc) is 2.44. The van der Waals surface area contributed by atoms with Crippen molar-refractivity contribution in [2.45, 2.75) is 6.42 Å². The molecule has 0 unspecified atom stereocenters. The number of ether oxygens (including phenoxy) is 1. The molecule has 0 spiro atoms. The van der Waals surface area contributed by atoms with E-state index in [4.69, 9.17) is 10.5 Å². The fourth-order valence-corrected chi connectivity index (χ4v) is 2.55. The summed E-state index contributed by atoms with van der Waals surface area (Å²) in [6.45, 7) is 0. The SMILES string of the molecule is COc1ccc(Br)c(CC(=O)c2ccc(N)c(Br)c2)c1. The van der Waals surface area contributed by atoms with Gasteiger partial charge in [-0.15, -0.1) is 0 Å². The van der Waals surface area contributed by atoms with Gasteiger partial charge in [-0.2, -0.15) is 0 Å². The maximum Gasteiger partial charge on any atom is 0.167 e. The maximum atomic E-state index is 12.3. The van der Waals surface area contributed by atoms with Gasteiger partial charge in [0.25, 0.3) is 0 Å². The van der Waals surface area contributed by atoms with E-state index in [0.29, 0.717) is 17.7 Å². The Bertz CT molecular complexity index is 656. The van der Waals surface area contributed by atoms with Crippen LogP contribution in [0.5, 0.6) is 5.75 Å². The molecule has 0 aliphatic heterocycles. The molecule has 2 aromatic carbocycles. The Morgan fingerprint density at radius 2 is 1.90 bits per heavy atom. The number of halogens is 2. The summed E-state index contributed by atoms with van der Waals surface area (Å²) < 4.78 is 6.80. The number of hydrogen-bond acceptors (Lipinski definition) is 3. The van der Waals surface area contributed by atoms with Crippen molar-refractivity contribution >= 4 is 43.3 Å². The van der Waals surface area contributed by atoms with E-state index < -0.39 is 0 Å². The number of Topliss-reactive ketones (excluding diaryl/α,β-unsaturated/α-hetero) is 1. The smallest absolute Gasteiger partial charge is 0.167 e. The molecule has 2 rings (SSSR count). The summed E-state index contributed by atoms with van der Waals surface area (Å²) in [5.41, 5.74) is 7.85. The first-order chi connectivity index (χ1) is 9.51. The van der Waals surface area contributed by atoms with Crippen molar-refractivity contribution in [3.63, 3.8) is 0 Å². The Labute approximate surface area is 134 Å². The first-order valence-electron chi connectivity index (χ1n) is 5.92. The molecule has 0 heterocycles. The second kappa shape index (κ2) is 6.41. The largest absolute Gasteiger partial charge is 0.497 e. The van der Waals surface area contributed by atoms with Gasteiger partial charge in [-0.3, -0.25) is 4.79 Å². The van der Waals surface area contributed by atoms with Crippen LogP contribution in [0.2, 0.25) is 0 Å². The second-order valence-corrected chi connectivity index (χ2v) is 6.00. The molecule has 3 nitrogen and oxygen atoms in total. The summed E-state index contributed by atoms with van der Waals surface area (Å²) in [6.07, 6.45) is 0.300. The lowest BCUT2D eigenvalue weighted by atomic mass is 10.0. The normalized spacial score (nSPS) is 10.3. The summed E-state index contributed by atoms with van der Waals surface area (Å²) in [7, 11) is 1.60. The van der Waals surface area contributed by atoms with Crippen LogP contribution in [0.4, 0.5) is 5.69 Å². The van der Waals surface area contributed by atoms with Gasteiger partial charge in [-0.05, 0) is 57.9 Å². The minimum atomic E-state index is 0.0275. The van der Waals surface area contributed by atoms with E-state index in [1.54, 1.807) is 25.3 Å². The number of anilines is 1. The molecule has 0 saturated heterocycles. The highest BCUT2D eigenvalue weighted by Crippen LogP contribution is 2.25. The van der Waals surface area contributed by atoms with Crippen molar-refractivity contribution in [1.82, 2.24) is 0 Å². The number of methoxy groups -OCH3 is 1. The maximum absolute atomic E-state index is 12.3. The summed E-state index contributed by atoms with van der Waals surface area (Å²) in [5.74, 6) is 0.758. The van der Waals surface area contributed by atoms with E-state index in [0.717, 1.165) is 20.3 Å². The number of carbonyl (C=O) groups excluding carboxylic acids is 1. The van der Waals surface area contributed by atoms with E-state index in [-0.39, 0.29) is 5.78 Å². The average molecular weight is 399 g/mol. The molecule has 0 atom stereocenters. The number of ketones is 1. The van der Waals surface area contributed by atoms with Crippen molar-refractivity contribution in [2.24, 2.45) is 0 Å². The molecule has 0 aromatic heterocycles. The number of benzene rings is 2. The monoisotopic (exact) mass is 397 g/mol. The Hall–Kier alpha value is -1.33. The van der Waals surface area contributed by atoms with Gasteiger partial charge in [0, 0.05) is 26.6 Å². The van der Waals surface area contributed by atoms with Crippen molar-refractivity contribution in [2.75, 3.05) is 12.8 Å². The third-order valence-electron chi connectivity index (χ3n) is 2.93. The Morgan fingerprint density at radius 3 is 2.55 bits per heavy atom. The van der Waals surface area contributed by atoms with Crippen LogP contribution in [-0.2, 0) is 6.42 Å². The zero-order valence-electron chi connectivity index (χ0n) is 10.8. The van der Waals surface area contributed by atoms with Gasteiger partial charge < -0.3 is 10.5 Å². The third kappa shape index (κ3) is 3.41. The molecule has 0 aliphatic carbocycles. The highest BCUT2D eigenvalue weighted by molar-refractivity contribution is 9.10. The standard InChI is InChI=1S/C15H13Br2NO2/c1-20-11-3-4-12(16)10(6-11)8-15(19)9-2-5-14(18)13(17)7-9/h2-7H,8,18H2,1H3. The Balaban J connectivity index is 2.25. The zero-order chi connectivity index (χ0) is 14.7. The third-order valence-corrected chi connectivity index (χ3v) is 4.39. The number of rotatable bonds is 4. The van der Waals surface area contributed by atoms with Crippen LogP contribution in [0, 0.1) is 0 Å². The highest BCUT2D eigenvalue weighted by atomic mass is 79.9. The lowest BCUT2D eigenvalue weighted by Gasteiger charge is -2.08. The summed E-state index contributed by atoms with van der Waals surface area (Å²) >= 11 is 6.78. The van der Waals surface area contributed by atoms with E-state index in [1.807, 2.05) is 18.2 Å². The van der Waals surface area contributed by atoms with E-state index in [1.165, 1.54) is 0 Å². The van der Waals surface area contributed by atoms with Gasteiger partial charge in [0.05, 0.1) is 7.11 Å². The van der Waals surface area contributed by atoms with Crippen molar-refractivity contribution in [3.8, 4) is 5.75 Å². The van der Waals surface area contributed by atoms with Gasteiger partial charge in [0.2, 0.25) is 0 Å². The first-order valence-corrected chi connectivity index (χ1v) is 7.50. The van der Waals surface area contributed by atoms with Crippen molar-refractivity contribution < 1.29 is 9.53 Å². The van der Waals surface area contributed by atoms with Crippen LogP contribution in [0.15, 0.2) is 45.3 Å². The predicted molar refractivity (Wildman–Crippen MR) is 87.3 cm³/mol. The molecule has 2 N–H and O–H groups in total. The second-order valence-electron chi connectivity index (χ2n) is 4.29. The van der Waals surface area contributed by atoms with Crippen LogP contribution in [-0.4, -0.2) is 12.9 Å². The number of carbonyl (C=O) groups is 1. The fourth-order valence-electron chi connectivity index (χ4n) is 1.79. The van der Waals surface area contributed by atoms with Crippen LogP contribution < -0.4 is 10.5 Å². The van der Waals surface area contributed by atoms with Crippen LogP contribution in [0.3, 0.4) is 0 Å². The Kier molecular flexibility index (Phi) is 4.83. The molecule has 0 bridgehead atoms.